The van der Waals surface area contributed by atoms with Gasteiger partial charge in [0.1, 0.15) is 11.5 Å². The maximum absolute atomic E-state index is 13.0. The fourth-order valence-electron chi connectivity index (χ4n) is 5.06. The van der Waals surface area contributed by atoms with E-state index >= 15 is 0 Å². The minimum Gasteiger partial charge on any atom is -0.481 e. The third-order valence-corrected chi connectivity index (χ3v) is 7.12. The van der Waals surface area contributed by atoms with Crippen molar-refractivity contribution >= 4 is 11.8 Å². The van der Waals surface area contributed by atoms with Gasteiger partial charge >= 0.3 is 5.97 Å². The highest BCUT2D eigenvalue weighted by molar-refractivity contribution is 5.90. The lowest BCUT2D eigenvalue weighted by atomic mass is 9.66. The van der Waals surface area contributed by atoms with Crippen LogP contribution in [0.15, 0.2) is 59.1 Å². The van der Waals surface area contributed by atoms with Crippen LogP contribution < -0.4 is 4.84 Å². The maximum Gasteiger partial charge on any atom is 0.309 e. The molecular weight excluding hydrogens is 446 g/mol. The molecule has 2 aromatic carbocycles. The van der Waals surface area contributed by atoms with Gasteiger partial charge in [-0.2, -0.15) is 4.98 Å². The third kappa shape index (κ3) is 4.98. The molecule has 3 aromatic rings. The molecule has 35 heavy (non-hydrogen) atoms. The number of ketones is 1. The molecular formula is C27H29N3O5. The predicted octanol–water partition coefficient (Wildman–Crippen LogP) is 4.45. The number of carboxylic acids is 1. The fraction of sp³-hybridized carbons (Fsp3) is 0.407. The first-order valence-corrected chi connectivity index (χ1v) is 12.2. The summed E-state index contributed by atoms with van der Waals surface area (Å²) in [4.78, 5) is 34.1. The van der Waals surface area contributed by atoms with Gasteiger partial charge in [-0.3, -0.25) is 9.59 Å². The SMILES string of the molecule is O=C(O)C1CN(Oc2ccc(-c3noc(CCCC4(c5ccccc5)CCCCC4=O)n3)cc2)C1. The first-order valence-electron chi connectivity index (χ1n) is 12.2. The molecule has 1 N–H and O–H groups in total. The number of hydroxylamine groups is 2. The molecule has 2 aliphatic rings. The van der Waals surface area contributed by atoms with E-state index in [0.29, 0.717) is 49.2 Å². The fourth-order valence-corrected chi connectivity index (χ4v) is 5.06. The van der Waals surface area contributed by atoms with E-state index in [1.54, 1.807) is 17.2 Å². The lowest BCUT2D eigenvalue weighted by Gasteiger charge is -2.36. The highest BCUT2D eigenvalue weighted by Crippen LogP contribution is 2.41. The van der Waals surface area contributed by atoms with Gasteiger partial charge in [-0.05, 0) is 55.5 Å². The number of Topliss-reactive ketones (excluding diaryl/α,β-unsaturated/α-hetero) is 1. The van der Waals surface area contributed by atoms with Crippen molar-refractivity contribution in [3.05, 3.63) is 66.1 Å². The average Bonchev–Trinajstić information content (AvgIpc) is 3.32. The second-order valence-electron chi connectivity index (χ2n) is 9.44. The maximum atomic E-state index is 13.0. The van der Waals surface area contributed by atoms with Crippen molar-refractivity contribution in [1.29, 1.82) is 0 Å². The molecule has 0 radical (unpaired) electrons. The highest BCUT2D eigenvalue weighted by atomic mass is 16.7. The lowest BCUT2D eigenvalue weighted by Crippen LogP contribution is -2.51. The number of aromatic nitrogens is 2. The van der Waals surface area contributed by atoms with Gasteiger partial charge in [-0.15, -0.1) is 5.06 Å². The molecule has 1 saturated carbocycles. The number of carbonyl (C=O) groups is 2. The monoisotopic (exact) mass is 475 g/mol. The van der Waals surface area contributed by atoms with E-state index in [9.17, 15) is 9.59 Å². The van der Waals surface area contributed by atoms with Crippen molar-refractivity contribution in [2.45, 2.75) is 50.4 Å². The van der Waals surface area contributed by atoms with E-state index in [4.69, 9.17) is 14.5 Å². The summed E-state index contributed by atoms with van der Waals surface area (Å²) in [7, 11) is 0. The lowest BCUT2D eigenvalue weighted by molar-refractivity contribution is -0.173. The molecule has 2 heterocycles. The van der Waals surface area contributed by atoms with Gasteiger partial charge in [0.15, 0.2) is 0 Å². The number of hydrogen-bond donors (Lipinski definition) is 1. The Morgan fingerprint density at radius 3 is 2.60 bits per heavy atom. The van der Waals surface area contributed by atoms with E-state index in [0.717, 1.165) is 43.2 Å². The van der Waals surface area contributed by atoms with Gasteiger partial charge in [0, 0.05) is 31.5 Å². The standard InChI is InChI=1S/C27H29N3O5/c31-23-9-4-5-15-27(23,21-7-2-1-3-8-21)16-6-10-24-28-25(29-34-24)19-11-13-22(14-12-19)35-30-17-20(18-30)26(32)33/h1-3,7-8,11-14,20H,4-6,9-10,15-18H2,(H,32,33). The molecule has 0 bridgehead atoms. The van der Waals surface area contributed by atoms with E-state index in [2.05, 4.69) is 22.3 Å². The van der Waals surface area contributed by atoms with Crippen LogP contribution in [0.4, 0.5) is 0 Å². The van der Waals surface area contributed by atoms with Crippen LogP contribution in [0.2, 0.25) is 0 Å². The zero-order valence-corrected chi connectivity index (χ0v) is 19.6. The number of carboxylic acid groups (broad SMARTS) is 1. The van der Waals surface area contributed by atoms with Crippen molar-refractivity contribution < 1.29 is 24.1 Å². The molecule has 8 heteroatoms. The first-order chi connectivity index (χ1) is 17.0. The molecule has 1 saturated heterocycles. The molecule has 1 aromatic heterocycles. The van der Waals surface area contributed by atoms with Crippen molar-refractivity contribution in [2.75, 3.05) is 13.1 Å². The number of hydrogen-bond acceptors (Lipinski definition) is 7. The van der Waals surface area contributed by atoms with Crippen molar-refractivity contribution in [3.63, 3.8) is 0 Å². The van der Waals surface area contributed by atoms with Gasteiger partial charge in [-0.1, -0.05) is 41.9 Å². The van der Waals surface area contributed by atoms with Crippen LogP contribution >= 0.6 is 0 Å². The minimum absolute atomic E-state index is 0.347. The minimum atomic E-state index is -0.798. The molecule has 0 amide bonds. The smallest absolute Gasteiger partial charge is 0.309 e. The molecule has 1 aliphatic heterocycles. The average molecular weight is 476 g/mol. The van der Waals surface area contributed by atoms with Gasteiger partial charge in [0.25, 0.3) is 0 Å². The summed E-state index contributed by atoms with van der Waals surface area (Å²) >= 11 is 0. The number of aryl methyl sites for hydroxylation is 1. The predicted molar refractivity (Wildman–Crippen MR) is 128 cm³/mol. The zero-order valence-electron chi connectivity index (χ0n) is 19.6. The Balaban J connectivity index is 1.18. The van der Waals surface area contributed by atoms with Crippen molar-refractivity contribution in [2.24, 2.45) is 5.92 Å². The molecule has 2 fully saturated rings. The Morgan fingerprint density at radius 1 is 1.11 bits per heavy atom. The summed E-state index contributed by atoms with van der Waals surface area (Å²) in [5.74, 6) is 0.879. The topological polar surface area (TPSA) is 106 Å². The highest BCUT2D eigenvalue weighted by Gasteiger charge is 2.40. The number of nitrogens with zero attached hydrogens (tertiary/aromatic N) is 3. The van der Waals surface area contributed by atoms with E-state index in [-0.39, 0.29) is 5.92 Å². The summed E-state index contributed by atoms with van der Waals surface area (Å²) in [5, 5.41) is 14.7. The van der Waals surface area contributed by atoms with Crippen LogP contribution in [-0.2, 0) is 21.4 Å². The number of rotatable bonds is 9. The quantitative estimate of drug-likeness (QED) is 0.484. The molecule has 1 unspecified atom stereocenters. The normalized spacial score (nSPS) is 21.0. The number of benzene rings is 2. The Kier molecular flexibility index (Phi) is 6.63. The summed E-state index contributed by atoms with van der Waals surface area (Å²) in [6.45, 7) is 0.755. The molecule has 5 rings (SSSR count). The summed E-state index contributed by atoms with van der Waals surface area (Å²) in [5.41, 5.74) is 1.52. The molecule has 8 nitrogen and oxygen atoms in total. The van der Waals surface area contributed by atoms with E-state index in [1.807, 2.05) is 30.3 Å². The van der Waals surface area contributed by atoms with Gasteiger partial charge in [0.05, 0.1) is 11.3 Å². The second-order valence-corrected chi connectivity index (χ2v) is 9.44. The van der Waals surface area contributed by atoms with E-state index < -0.39 is 11.4 Å². The van der Waals surface area contributed by atoms with Crippen LogP contribution in [0.5, 0.6) is 5.75 Å². The van der Waals surface area contributed by atoms with Crippen molar-refractivity contribution in [1.82, 2.24) is 15.2 Å². The summed E-state index contributed by atoms with van der Waals surface area (Å²) in [6.07, 6.45) is 5.79. The number of carbonyl (C=O) groups excluding carboxylic acids is 1. The Morgan fingerprint density at radius 2 is 1.89 bits per heavy atom. The second kappa shape index (κ2) is 10.00. The van der Waals surface area contributed by atoms with Crippen LogP contribution in [-0.4, -0.2) is 45.2 Å². The Hall–Kier alpha value is -3.52. The molecule has 0 spiro atoms. The van der Waals surface area contributed by atoms with Crippen LogP contribution in [0.25, 0.3) is 11.4 Å². The van der Waals surface area contributed by atoms with E-state index in [1.165, 1.54) is 0 Å². The van der Waals surface area contributed by atoms with Crippen LogP contribution in [0.3, 0.4) is 0 Å². The van der Waals surface area contributed by atoms with Gasteiger partial charge < -0.3 is 14.5 Å². The Bertz CT molecular complexity index is 1170. The molecule has 182 valence electrons. The van der Waals surface area contributed by atoms with Gasteiger partial charge in [-0.25, -0.2) is 0 Å². The summed E-state index contributed by atoms with van der Waals surface area (Å²) < 4.78 is 5.49. The van der Waals surface area contributed by atoms with Crippen LogP contribution in [0.1, 0.15) is 50.0 Å². The summed E-state index contributed by atoms with van der Waals surface area (Å²) in [6, 6.07) is 17.5. The Labute approximate surface area is 203 Å². The number of aliphatic carboxylic acids is 1. The third-order valence-electron chi connectivity index (χ3n) is 7.12. The molecule has 1 aliphatic carbocycles. The molecule has 1 atom stereocenters. The van der Waals surface area contributed by atoms with Crippen molar-refractivity contribution in [3.8, 4) is 17.1 Å². The zero-order chi connectivity index (χ0) is 24.3. The first kappa shape index (κ1) is 23.2. The van der Waals surface area contributed by atoms with Crippen LogP contribution in [0, 0.1) is 5.92 Å². The largest absolute Gasteiger partial charge is 0.481 e. The van der Waals surface area contributed by atoms with Gasteiger partial charge in [0.2, 0.25) is 11.7 Å².